The largest absolute Gasteiger partial charge is 0.344 e. The third kappa shape index (κ3) is 6.30. The second-order valence-corrected chi connectivity index (χ2v) is 11.8. The Morgan fingerprint density at radius 1 is 1.19 bits per heavy atom. The number of anilines is 1. The first-order valence-corrected chi connectivity index (χ1v) is 13.6. The topological polar surface area (TPSA) is 62.3 Å². The zero-order chi connectivity index (χ0) is 21.8. The number of carbonyl (C=O) groups is 1. The first kappa shape index (κ1) is 22.7. The number of thiazole rings is 1. The zero-order valence-corrected chi connectivity index (χ0v) is 20.3. The Morgan fingerprint density at radius 3 is 2.58 bits per heavy atom. The summed E-state index contributed by atoms with van der Waals surface area (Å²) in [4.78, 5) is 20.5. The molecule has 1 aromatic carbocycles. The Hall–Kier alpha value is -1.44. The van der Waals surface area contributed by atoms with Crippen molar-refractivity contribution in [3.8, 4) is 0 Å². The van der Waals surface area contributed by atoms with Gasteiger partial charge in [-0.25, -0.2) is 9.19 Å². The molecular weight excluding hydrogens is 450 g/mol. The minimum atomic E-state index is -1.30. The molecule has 0 radical (unpaired) electrons. The Morgan fingerprint density at radius 2 is 1.90 bits per heavy atom. The zero-order valence-electron chi connectivity index (χ0n) is 17.9. The van der Waals surface area contributed by atoms with Crippen LogP contribution < -0.4 is 9.62 Å². The van der Waals surface area contributed by atoms with E-state index in [1.165, 1.54) is 49.0 Å². The van der Waals surface area contributed by atoms with Gasteiger partial charge < -0.3 is 4.90 Å². The number of hydrogen-bond donors (Lipinski definition) is 1. The monoisotopic (exact) mass is 479 g/mol. The SMILES string of the molecule is Cc1sc(N(CCC2CCCCC2)Cc2ccc(Cl)cc2)nc1C(=O)NS(=O)C1CC1. The van der Waals surface area contributed by atoms with Crippen LogP contribution in [0.3, 0.4) is 0 Å². The van der Waals surface area contributed by atoms with Crippen molar-refractivity contribution in [2.45, 2.75) is 70.1 Å². The third-order valence-electron chi connectivity index (χ3n) is 6.11. The summed E-state index contributed by atoms with van der Waals surface area (Å²) in [5.74, 6) is 0.440. The number of halogens is 1. The molecule has 168 valence electrons. The molecule has 4 rings (SSSR count). The normalized spacial score (nSPS) is 18.0. The average molecular weight is 480 g/mol. The van der Waals surface area contributed by atoms with Gasteiger partial charge in [-0.2, -0.15) is 0 Å². The highest BCUT2D eigenvalue weighted by Gasteiger charge is 2.31. The van der Waals surface area contributed by atoms with Crippen LogP contribution in [0.15, 0.2) is 24.3 Å². The fraction of sp³-hybridized carbons (Fsp3) is 0.565. The Balaban J connectivity index is 1.49. The summed E-state index contributed by atoms with van der Waals surface area (Å²) in [7, 11) is -1.30. The molecule has 5 nitrogen and oxygen atoms in total. The lowest BCUT2D eigenvalue weighted by Gasteiger charge is -2.27. The summed E-state index contributed by atoms with van der Waals surface area (Å²) in [5, 5.41) is 1.69. The smallest absolute Gasteiger partial charge is 0.282 e. The number of aromatic nitrogens is 1. The lowest BCUT2D eigenvalue weighted by atomic mass is 9.87. The van der Waals surface area contributed by atoms with Crippen LogP contribution in [0, 0.1) is 12.8 Å². The highest BCUT2D eigenvalue weighted by atomic mass is 35.5. The van der Waals surface area contributed by atoms with Crippen LogP contribution >= 0.6 is 22.9 Å². The summed E-state index contributed by atoms with van der Waals surface area (Å²) in [6.45, 7) is 3.55. The van der Waals surface area contributed by atoms with E-state index in [0.717, 1.165) is 53.3 Å². The fourth-order valence-electron chi connectivity index (χ4n) is 4.10. The van der Waals surface area contributed by atoms with Gasteiger partial charge in [0.1, 0.15) is 16.7 Å². The predicted molar refractivity (Wildman–Crippen MR) is 129 cm³/mol. The number of benzene rings is 1. The van der Waals surface area contributed by atoms with E-state index >= 15 is 0 Å². The molecule has 2 aliphatic rings. The summed E-state index contributed by atoms with van der Waals surface area (Å²) in [5.41, 5.74) is 1.56. The molecule has 1 atom stereocenters. The summed E-state index contributed by atoms with van der Waals surface area (Å²) >= 11 is 7.60. The van der Waals surface area contributed by atoms with E-state index in [4.69, 9.17) is 16.6 Å². The minimum Gasteiger partial charge on any atom is -0.344 e. The third-order valence-corrected chi connectivity index (χ3v) is 8.86. The van der Waals surface area contributed by atoms with Crippen molar-refractivity contribution in [2.24, 2.45) is 5.92 Å². The van der Waals surface area contributed by atoms with Crippen molar-refractivity contribution in [1.29, 1.82) is 0 Å². The highest BCUT2D eigenvalue weighted by Crippen LogP contribution is 2.31. The lowest BCUT2D eigenvalue weighted by molar-refractivity contribution is 0.0978. The van der Waals surface area contributed by atoms with E-state index in [1.54, 1.807) is 0 Å². The van der Waals surface area contributed by atoms with E-state index in [9.17, 15) is 9.00 Å². The molecule has 1 aromatic heterocycles. The van der Waals surface area contributed by atoms with Gasteiger partial charge in [0.25, 0.3) is 5.91 Å². The number of amides is 1. The molecule has 8 heteroatoms. The van der Waals surface area contributed by atoms with E-state index in [1.807, 2.05) is 31.2 Å². The number of aryl methyl sites for hydroxylation is 1. The second-order valence-electron chi connectivity index (χ2n) is 8.67. The van der Waals surface area contributed by atoms with Gasteiger partial charge in [-0.3, -0.25) is 9.52 Å². The minimum absolute atomic E-state index is 0.110. The van der Waals surface area contributed by atoms with Gasteiger partial charge in [0.05, 0.1) is 5.25 Å². The average Bonchev–Trinajstić information content (AvgIpc) is 3.55. The first-order chi connectivity index (χ1) is 15.0. The van der Waals surface area contributed by atoms with Crippen LogP contribution in [0.4, 0.5) is 5.13 Å². The molecule has 1 heterocycles. The van der Waals surface area contributed by atoms with Crippen LogP contribution in [0.2, 0.25) is 5.02 Å². The molecule has 1 N–H and O–H groups in total. The van der Waals surface area contributed by atoms with Gasteiger partial charge in [0, 0.05) is 23.0 Å². The van der Waals surface area contributed by atoms with E-state index in [2.05, 4.69) is 9.62 Å². The molecule has 2 aliphatic carbocycles. The summed E-state index contributed by atoms with van der Waals surface area (Å²) in [6, 6.07) is 7.91. The summed E-state index contributed by atoms with van der Waals surface area (Å²) in [6.07, 6.45) is 9.63. The molecular formula is C23H30ClN3O2S2. The molecule has 31 heavy (non-hydrogen) atoms. The molecule has 2 saturated carbocycles. The Bertz CT molecular complexity index is 921. The molecule has 2 fully saturated rings. The summed E-state index contributed by atoms with van der Waals surface area (Å²) < 4.78 is 14.8. The van der Waals surface area contributed by atoms with Crippen molar-refractivity contribution in [3.63, 3.8) is 0 Å². The maximum atomic E-state index is 12.7. The van der Waals surface area contributed by atoms with E-state index in [-0.39, 0.29) is 11.2 Å². The number of nitrogens with one attached hydrogen (secondary N) is 1. The second kappa shape index (κ2) is 10.5. The van der Waals surface area contributed by atoms with Crippen LogP contribution in [0.25, 0.3) is 0 Å². The van der Waals surface area contributed by atoms with Crippen molar-refractivity contribution in [1.82, 2.24) is 9.71 Å². The van der Waals surface area contributed by atoms with Gasteiger partial charge in [0.2, 0.25) is 0 Å². The van der Waals surface area contributed by atoms with E-state index in [0.29, 0.717) is 5.69 Å². The molecule has 2 aromatic rings. The molecule has 0 bridgehead atoms. The standard InChI is InChI=1S/C23H30ClN3O2S2/c1-16-21(22(28)26-31(29)20-11-12-20)25-23(30-16)27(14-13-17-5-3-2-4-6-17)15-18-7-9-19(24)10-8-18/h7-10,17,20H,2-6,11-15H2,1H3,(H,26,28). The number of rotatable bonds is 9. The molecule has 0 aliphatic heterocycles. The van der Waals surface area contributed by atoms with Crippen LogP contribution in [0.5, 0.6) is 0 Å². The molecule has 1 amide bonds. The first-order valence-electron chi connectivity index (χ1n) is 11.2. The molecule has 0 saturated heterocycles. The number of nitrogens with zero attached hydrogens (tertiary/aromatic N) is 2. The molecule has 0 spiro atoms. The van der Waals surface area contributed by atoms with Crippen LogP contribution in [-0.4, -0.2) is 26.9 Å². The van der Waals surface area contributed by atoms with Crippen molar-refractivity contribution in [3.05, 3.63) is 45.4 Å². The van der Waals surface area contributed by atoms with Crippen molar-refractivity contribution >= 4 is 45.0 Å². The Kier molecular flexibility index (Phi) is 7.67. The maximum absolute atomic E-state index is 12.7. The number of hydrogen-bond acceptors (Lipinski definition) is 5. The van der Waals surface area contributed by atoms with Crippen LogP contribution in [0.1, 0.15) is 72.3 Å². The highest BCUT2D eigenvalue weighted by molar-refractivity contribution is 7.84. The van der Waals surface area contributed by atoms with Gasteiger partial charge in [0.15, 0.2) is 5.13 Å². The Labute approximate surface area is 196 Å². The maximum Gasteiger partial charge on any atom is 0.282 e. The van der Waals surface area contributed by atoms with Gasteiger partial charge in [-0.05, 0) is 49.8 Å². The van der Waals surface area contributed by atoms with Crippen LogP contribution in [-0.2, 0) is 17.5 Å². The predicted octanol–water partition coefficient (Wildman–Crippen LogP) is 5.64. The van der Waals surface area contributed by atoms with Gasteiger partial charge in [-0.1, -0.05) is 55.8 Å². The van der Waals surface area contributed by atoms with Crippen molar-refractivity contribution in [2.75, 3.05) is 11.4 Å². The van der Waals surface area contributed by atoms with Gasteiger partial charge >= 0.3 is 0 Å². The van der Waals surface area contributed by atoms with E-state index < -0.39 is 11.0 Å². The quantitative estimate of drug-likeness (QED) is 0.505. The fourth-order valence-corrected chi connectivity index (χ4v) is 6.17. The van der Waals surface area contributed by atoms with Gasteiger partial charge in [-0.15, -0.1) is 11.3 Å². The number of carbonyl (C=O) groups excluding carboxylic acids is 1. The lowest BCUT2D eigenvalue weighted by Crippen LogP contribution is -2.29. The molecule has 1 unspecified atom stereocenters. The van der Waals surface area contributed by atoms with Crippen molar-refractivity contribution < 1.29 is 9.00 Å².